The minimum absolute atomic E-state index is 0.362. The number of nitrogens with zero attached hydrogens (tertiary/aromatic N) is 2. The number of carbonyl (C=O) groups excluding carboxylic acids is 1. The molecule has 0 aliphatic rings. The van der Waals surface area contributed by atoms with Crippen LogP contribution in [-0.4, -0.2) is 23.0 Å². The molecular formula is C21H22N4O2. The van der Waals surface area contributed by atoms with Crippen molar-refractivity contribution in [2.45, 2.75) is 19.8 Å². The van der Waals surface area contributed by atoms with Gasteiger partial charge in [-0.1, -0.05) is 26.0 Å². The van der Waals surface area contributed by atoms with Crippen LogP contribution in [0.4, 0.5) is 23.0 Å². The first kappa shape index (κ1) is 18.4. The second-order valence-electron chi connectivity index (χ2n) is 6.38. The van der Waals surface area contributed by atoms with Crippen molar-refractivity contribution in [1.82, 2.24) is 9.97 Å². The van der Waals surface area contributed by atoms with Gasteiger partial charge in [-0.15, -0.1) is 0 Å². The van der Waals surface area contributed by atoms with E-state index < -0.39 is 0 Å². The van der Waals surface area contributed by atoms with Crippen molar-refractivity contribution in [3.8, 4) is 0 Å². The zero-order valence-corrected chi connectivity index (χ0v) is 15.6. The Morgan fingerprint density at radius 1 is 0.889 bits per heavy atom. The second-order valence-corrected chi connectivity index (χ2v) is 6.38. The molecule has 138 valence electrons. The number of esters is 1. The second kappa shape index (κ2) is 8.31. The van der Waals surface area contributed by atoms with E-state index >= 15 is 0 Å². The number of ether oxygens (including phenoxy) is 1. The van der Waals surface area contributed by atoms with Crippen molar-refractivity contribution < 1.29 is 9.53 Å². The van der Waals surface area contributed by atoms with Crippen molar-refractivity contribution in [2.75, 3.05) is 17.7 Å². The van der Waals surface area contributed by atoms with Gasteiger partial charge < -0.3 is 15.4 Å². The topological polar surface area (TPSA) is 76.1 Å². The van der Waals surface area contributed by atoms with Crippen LogP contribution < -0.4 is 10.6 Å². The molecule has 1 heterocycles. The third-order valence-electron chi connectivity index (χ3n) is 4.10. The van der Waals surface area contributed by atoms with Crippen LogP contribution in [0.25, 0.3) is 0 Å². The molecule has 0 bridgehead atoms. The fourth-order valence-corrected chi connectivity index (χ4v) is 2.55. The summed E-state index contributed by atoms with van der Waals surface area (Å²) in [4.78, 5) is 20.0. The fraction of sp³-hybridized carbons (Fsp3) is 0.190. The van der Waals surface area contributed by atoms with Gasteiger partial charge in [-0.25, -0.2) is 14.8 Å². The first-order chi connectivity index (χ1) is 13.0. The molecular weight excluding hydrogens is 340 g/mol. The van der Waals surface area contributed by atoms with E-state index in [2.05, 4.69) is 46.6 Å². The van der Waals surface area contributed by atoms with Crippen LogP contribution in [0, 0.1) is 0 Å². The van der Waals surface area contributed by atoms with Gasteiger partial charge in [-0.3, -0.25) is 0 Å². The molecule has 3 rings (SSSR count). The Bertz CT molecular complexity index is 906. The van der Waals surface area contributed by atoms with E-state index in [-0.39, 0.29) is 5.97 Å². The van der Waals surface area contributed by atoms with Crippen LogP contribution in [0.2, 0.25) is 0 Å². The molecule has 0 saturated carbocycles. The Labute approximate surface area is 158 Å². The van der Waals surface area contributed by atoms with E-state index in [4.69, 9.17) is 4.74 Å². The predicted octanol–water partition coefficient (Wildman–Crippen LogP) is 4.87. The number of anilines is 4. The van der Waals surface area contributed by atoms with Crippen molar-refractivity contribution in [3.05, 3.63) is 72.1 Å². The molecule has 2 N–H and O–H groups in total. The lowest BCUT2D eigenvalue weighted by atomic mass is 10.0. The average Bonchev–Trinajstić information content (AvgIpc) is 2.68. The zero-order chi connectivity index (χ0) is 19.2. The highest BCUT2D eigenvalue weighted by atomic mass is 16.5. The number of hydrogen-bond acceptors (Lipinski definition) is 6. The van der Waals surface area contributed by atoms with Crippen molar-refractivity contribution in [2.24, 2.45) is 0 Å². The maximum atomic E-state index is 11.5. The molecule has 2 aromatic carbocycles. The molecule has 0 radical (unpaired) electrons. The molecule has 0 unspecified atom stereocenters. The molecule has 0 amide bonds. The van der Waals surface area contributed by atoms with Crippen molar-refractivity contribution in [3.63, 3.8) is 0 Å². The summed E-state index contributed by atoms with van der Waals surface area (Å²) in [7, 11) is 1.36. The lowest BCUT2D eigenvalue weighted by molar-refractivity contribution is 0.0601. The molecule has 0 aliphatic carbocycles. The highest BCUT2D eigenvalue weighted by molar-refractivity contribution is 5.89. The van der Waals surface area contributed by atoms with Gasteiger partial charge >= 0.3 is 5.97 Å². The van der Waals surface area contributed by atoms with E-state index in [0.717, 1.165) is 11.4 Å². The highest BCUT2D eigenvalue weighted by Gasteiger charge is 2.06. The molecule has 0 spiro atoms. The monoisotopic (exact) mass is 362 g/mol. The number of rotatable bonds is 6. The molecule has 6 nitrogen and oxygen atoms in total. The molecule has 6 heteroatoms. The van der Waals surface area contributed by atoms with Crippen LogP contribution in [0.15, 0.2) is 60.9 Å². The Balaban J connectivity index is 1.69. The first-order valence-corrected chi connectivity index (χ1v) is 8.69. The van der Waals surface area contributed by atoms with Crippen LogP contribution >= 0.6 is 0 Å². The lowest BCUT2D eigenvalue weighted by Gasteiger charge is -2.10. The Kier molecular flexibility index (Phi) is 5.66. The van der Waals surface area contributed by atoms with Gasteiger partial charge in [-0.05, 0) is 47.9 Å². The van der Waals surface area contributed by atoms with E-state index in [0.29, 0.717) is 23.1 Å². The number of hydrogen-bond donors (Lipinski definition) is 2. The number of methoxy groups -OCH3 is 1. The number of aromatic nitrogens is 2. The van der Waals surface area contributed by atoms with Crippen LogP contribution in [0.3, 0.4) is 0 Å². The summed E-state index contributed by atoms with van der Waals surface area (Å²) in [5.74, 6) is 1.48. The third-order valence-corrected chi connectivity index (χ3v) is 4.10. The zero-order valence-electron chi connectivity index (χ0n) is 15.6. The SMILES string of the molecule is COC(=O)c1ccc(Nc2cc(Nc3ccc(C(C)C)cc3)ncn2)cc1. The van der Waals surface area contributed by atoms with Crippen LogP contribution in [0.5, 0.6) is 0 Å². The predicted molar refractivity (Wildman–Crippen MR) is 107 cm³/mol. The van der Waals surface area contributed by atoms with Gasteiger partial charge in [0, 0.05) is 17.4 Å². The van der Waals surface area contributed by atoms with Gasteiger partial charge in [0.05, 0.1) is 12.7 Å². The molecule has 0 fully saturated rings. The standard InChI is InChI=1S/C21H22N4O2/c1-14(2)15-4-8-17(9-5-15)24-19-12-20(23-13-22-19)25-18-10-6-16(7-11-18)21(26)27-3/h4-14H,1-3H3,(H2,22,23,24,25). The lowest BCUT2D eigenvalue weighted by Crippen LogP contribution is -2.01. The Hall–Kier alpha value is -3.41. The number of benzene rings is 2. The summed E-state index contributed by atoms with van der Waals surface area (Å²) < 4.78 is 4.70. The quantitative estimate of drug-likeness (QED) is 0.609. The Morgan fingerprint density at radius 3 is 1.89 bits per heavy atom. The van der Waals surface area contributed by atoms with Gasteiger partial charge in [0.25, 0.3) is 0 Å². The summed E-state index contributed by atoms with van der Waals surface area (Å²) in [6.07, 6.45) is 1.50. The van der Waals surface area contributed by atoms with Gasteiger partial charge in [0.1, 0.15) is 18.0 Å². The molecule has 0 atom stereocenters. The number of nitrogens with one attached hydrogen (secondary N) is 2. The summed E-state index contributed by atoms with van der Waals surface area (Å²) in [5.41, 5.74) is 3.57. The fourth-order valence-electron chi connectivity index (χ4n) is 2.55. The maximum Gasteiger partial charge on any atom is 0.337 e. The minimum Gasteiger partial charge on any atom is -0.465 e. The molecule has 0 aliphatic heterocycles. The maximum absolute atomic E-state index is 11.5. The number of carbonyl (C=O) groups is 1. The van der Waals surface area contributed by atoms with Crippen molar-refractivity contribution >= 4 is 29.0 Å². The summed E-state index contributed by atoms with van der Waals surface area (Å²) in [6, 6.07) is 17.1. The Morgan fingerprint density at radius 2 is 1.41 bits per heavy atom. The molecule has 0 saturated heterocycles. The average molecular weight is 362 g/mol. The van der Waals surface area contributed by atoms with Gasteiger partial charge in [0.2, 0.25) is 0 Å². The molecule has 1 aromatic heterocycles. The van der Waals surface area contributed by atoms with E-state index in [1.165, 1.54) is 19.0 Å². The first-order valence-electron chi connectivity index (χ1n) is 8.69. The largest absolute Gasteiger partial charge is 0.465 e. The summed E-state index contributed by atoms with van der Waals surface area (Å²) in [5, 5.41) is 6.47. The van der Waals surface area contributed by atoms with Gasteiger partial charge in [0.15, 0.2) is 0 Å². The molecule has 27 heavy (non-hydrogen) atoms. The van der Waals surface area contributed by atoms with Crippen molar-refractivity contribution in [1.29, 1.82) is 0 Å². The summed E-state index contributed by atoms with van der Waals surface area (Å²) >= 11 is 0. The summed E-state index contributed by atoms with van der Waals surface area (Å²) in [6.45, 7) is 4.34. The minimum atomic E-state index is -0.362. The van der Waals surface area contributed by atoms with Crippen LogP contribution in [-0.2, 0) is 4.74 Å². The van der Waals surface area contributed by atoms with E-state index in [9.17, 15) is 4.79 Å². The van der Waals surface area contributed by atoms with Gasteiger partial charge in [-0.2, -0.15) is 0 Å². The van der Waals surface area contributed by atoms with Crippen LogP contribution in [0.1, 0.15) is 35.7 Å². The normalized spacial score (nSPS) is 10.5. The highest BCUT2D eigenvalue weighted by Crippen LogP contribution is 2.22. The third kappa shape index (κ3) is 4.82. The van der Waals surface area contributed by atoms with E-state index in [1.807, 2.05) is 18.2 Å². The van der Waals surface area contributed by atoms with E-state index in [1.54, 1.807) is 24.3 Å². The smallest absolute Gasteiger partial charge is 0.337 e. The molecule has 3 aromatic rings.